The largest absolute Gasteiger partial charge is 0.491 e. The molecule has 1 saturated heterocycles. The van der Waals surface area contributed by atoms with Crippen molar-refractivity contribution in [3.63, 3.8) is 0 Å². The lowest BCUT2D eigenvalue weighted by molar-refractivity contribution is -0.159. The summed E-state index contributed by atoms with van der Waals surface area (Å²) < 4.78 is 21.8. The molecule has 5 heteroatoms. The van der Waals surface area contributed by atoms with Gasteiger partial charge < -0.3 is 18.9 Å². The van der Waals surface area contributed by atoms with Gasteiger partial charge in [-0.3, -0.25) is 4.79 Å². The normalized spacial score (nSPS) is 21.8. The van der Waals surface area contributed by atoms with Crippen molar-refractivity contribution >= 4 is 5.97 Å². The van der Waals surface area contributed by atoms with Crippen LogP contribution in [0.25, 0.3) is 0 Å². The van der Waals surface area contributed by atoms with Gasteiger partial charge in [0.1, 0.15) is 11.5 Å². The fourth-order valence-electron chi connectivity index (χ4n) is 1.98. The summed E-state index contributed by atoms with van der Waals surface area (Å²) in [6, 6.07) is 7.30. The Morgan fingerprint density at radius 2 is 1.90 bits per heavy atom. The van der Waals surface area contributed by atoms with Crippen LogP contribution in [0.15, 0.2) is 24.3 Å². The summed E-state index contributed by atoms with van der Waals surface area (Å²) in [5.74, 6) is 1.12. The van der Waals surface area contributed by atoms with E-state index in [1.165, 1.54) is 6.92 Å². The molecule has 5 nitrogen and oxygen atoms in total. The number of esters is 1. The highest BCUT2D eigenvalue weighted by Gasteiger charge is 2.32. The molecule has 2 unspecified atom stereocenters. The lowest BCUT2D eigenvalue weighted by Crippen LogP contribution is -2.31. The van der Waals surface area contributed by atoms with E-state index in [1.807, 2.05) is 38.1 Å². The van der Waals surface area contributed by atoms with Crippen LogP contribution in [-0.2, 0) is 14.3 Å². The van der Waals surface area contributed by atoms with E-state index in [1.54, 1.807) is 0 Å². The molecule has 0 aliphatic carbocycles. The van der Waals surface area contributed by atoms with Crippen LogP contribution in [0.3, 0.4) is 0 Å². The molecule has 2 rings (SSSR count). The van der Waals surface area contributed by atoms with Gasteiger partial charge in [0, 0.05) is 13.3 Å². The second-order valence-electron chi connectivity index (χ2n) is 4.93. The van der Waals surface area contributed by atoms with E-state index in [-0.39, 0.29) is 18.2 Å². The van der Waals surface area contributed by atoms with Crippen molar-refractivity contribution in [1.29, 1.82) is 0 Å². The van der Waals surface area contributed by atoms with Crippen LogP contribution in [0, 0.1) is 0 Å². The van der Waals surface area contributed by atoms with Crippen LogP contribution in [0.4, 0.5) is 0 Å². The molecule has 0 spiro atoms. The topological polar surface area (TPSA) is 54.0 Å². The zero-order valence-electron chi connectivity index (χ0n) is 12.0. The SMILES string of the molecule is CC(=O)OC1CCOC1Oc1ccc(OC(C)C)cc1. The lowest BCUT2D eigenvalue weighted by Gasteiger charge is -2.19. The Bertz CT molecular complexity index is 440. The van der Waals surface area contributed by atoms with E-state index >= 15 is 0 Å². The van der Waals surface area contributed by atoms with Crippen LogP contribution in [0.2, 0.25) is 0 Å². The van der Waals surface area contributed by atoms with E-state index in [4.69, 9.17) is 18.9 Å². The number of ether oxygens (including phenoxy) is 4. The van der Waals surface area contributed by atoms with Gasteiger partial charge in [-0.15, -0.1) is 0 Å². The van der Waals surface area contributed by atoms with Crippen LogP contribution in [-0.4, -0.2) is 31.1 Å². The molecular weight excluding hydrogens is 260 g/mol. The maximum absolute atomic E-state index is 11.0. The Balaban J connectivity index is 1.93. The van der Waals surface area contributed by atoms with E-state index in [9.17, 15) is 4.79 Å². The van der Waals surface area contributed by atoms with Gasteiger partial charge in [0.05, 0.1) is 12.7 Å². The third-order valence-corrected chi connectivity index (χ3v) is 2.75. The fourth-order valence-corrected chi connectivity index (χ4v) is 1.98. The molecular formula is C15H20O5. The minimum absolute atomic E-state index is 0.133. The van der Waals surface area contributed by atoms with Crippen molar-refractivity contribution in [2.24, 2.45) is 0 Å². The molecule has 1 heterocycles. The molecule has 1 aromatic rings. The van der Waals surface area contributed by atoms with E-state index in [2.05, 4.69) is 0 Å². The Kier molecular flexibility index (Phi) is 4.84. The van der Waals surface area contributed by atoms with Gasteiger partial charge in [-0.05, 0) is 38.1 Å². The Hall–Kier alpha value is -1.75. The molecule has 0 saturated carbocycles. The summed E-state index contributed by atoms with van der Waals surface area (Å²) in [6.45, 7) is 5.85. The van der Waals surface area contributed by atoms with Gasteiger partial charge in [0.2, 0.25) is 6.29 Å². The van der Waals surface area contributed by atoms with Crippen LogP contribution < -0.4 is 9.47 Å². The standard InChI is InChI=1S/C15H20O5/c1-10(2)18-12-4-6-13(7-5-12)20-15-14(8-9-17-15)19-11(3)16/h4-7,10,14-15H,8-9H2,1-3H3. The van der Waals surface area contributed by atoms with E-state index in [0.717, 1.165) is 5.75 Å². The van der Waals surface area contributed by atoms with Gasteiger partial charge in [-0.25, -0.2) is 0 Å². The smallest absolute Gasteiger partial charge is 0.303 e. The molecule has 0 radical (unpaired) electrons. The van der Waals surface area contributed by atoms with Crippen LogP contribution in [0.5, 0.6) is 11.5 Å². The Morgan fingerprint density at radius 1 is 1.25 bits per heavy atom. The maximum Gasteiger partial charge on any atom is 0.303 e. The van der Waals surface area contributed by atoms with Crippen molar-refractivity contribution in [2.45, 2.75) is 45.7 Å². The van der Waals surface area contributed by atoms with Gasteiger partial charge in [-0.2, -0.15) is 0 Å². The highest BCUT2D eigenvalue weighted by molar-refractivity contribution is 5.66. The maximum atomic E-state index is 11.0. The first kappa shape index (κ1) is 14.7. The van der Waals surface area contributed by atoms with Crippen molar-refractivity contribution in [2.75, 3.05) is 6.61 Å². The minimum atomic E-state index is -0.546. The van der Waals surface area contributed by atoms with E-state index < -0.39 is 6.29 Å². The van der Waals surface area contributed by atoms with Crippen molar-refractivity contribution in [1.82, 2.24) is 0 Å². The predicted octanol–water partition coefficient (Wildman–Crippen LogP) is 2.53. The molecule has 0 bridgehead atoms. The summed E-state index contributed by atoms with van der Waals surface area (Å²) in [4.78, 5) is 11.0. The van der Waals surface area contributed by atoms with Crippen molar-refractivity contribution in [3.05, 3.63) is 24.3 Å². The molecule has 1 fully saturated rings. The van der Waals surface area contributed by atoms with Gasteiger partial charge in [0.15, 0.2) is 6.10 Å². The second kappa shape index (κ2) is 6.61. The van der Waals surface area contributed by atoms with Gasteiger partial charge in [0.25, 0.3) is 0 Å². The first-order valence-electron chi connectivity index (χ1n) is 6.77. The molecule has 110 valence electrons. The van der Waals surface area contributed by atoms with Gasteiger partial charge in [-0.1, -0.05) is 0 Å². The third kappa shape index (κ3) is 4.13. The highest BCUT2D eigenvalue weighted by Crippen LogP contribution is 2.24. The van der Waals surface area contributed by atoms with Crippen LogP contribution >= 0.6 is 0 Å². The Morgan fingerprint density at radius 3 is 2.50 bits per heavy atom. The molecule has 20 heavy (non-hydrogen) atoms. The third-order valence-electron chi connectivity index (χ3n) is 2.75. The zero-order chi connectivity index (χ0) is 14.5. The van der Waals surface area contributed by atoms with Crippen molar-refractivity contribution < 1.29 is 23.7 Å². The number of hydrogen-bond donors (Lipinski definition) is 0. The summed E-state index contributed by atoms with van der Waals surface area (Å²) in [6.07, 6.45) is -0.109. The van der Waals surface area contributed by atoms with Crippen molar-refractivity contribution in [3.8, 4) is 11.5 Å². The first-order chi connectivity index (χ1) is 9.54. The molecule has 0 N–H and O–H groups in total. The molecule has 1 aliphatic rings. The number of benzene rings is 1. The number of rotatable bonds is 5. The number of carbonyl (C=O) groups excluding carboxylic acids is 1. The highest BCUT2D eigenvalue weighted by atomic mass is 16.7. The first-order valence-corrected chi connectivity index (χ1v) is 6.77. The Labute approximate surface area is 118 Å². The molecule has 0 amide bonds. The van der Waals surface area contributed by atoms with Gasteiger partial charge >= 0.3 is 5.97 Å². The summed E-state index contributed by atoms with van der Waals surface area (Å²) >= 11 is 0. The quantitative estimate of drug-likeness (QED) is 0.776. The molecule has 2 atom stereocenters. The second-order valence-corrected chi connectivity index (χ2v) is 4.93. The summed E-state index contributed by atoms with van der Waals surface area (Å²) in [5, 5.41) is 0. The molecule has 1 aliphatic heterocycles. The molecule has 0 aromatic heterocycles. The average molecular weight is 280 g/mol. The van der Waals surface area contributed by atoms with E-state index in [0.29, 0.717) is 18.8 Å². The fraction of sp³-hybridized carbons (Fsp3) is 0.533. The summed E-state index contributed by atoms with van der Waals surface area (Å²) in [7, 11) is 0. The molecule has 1 aromatic carbocycles. The zero-order valence-corrected chi connectivity index (χ0v) is 12.0. The average Bonchev–Trinajstić information content (AvgIpc) is 2.78. The predicted molar refractivity (Wildman–Crippen MR) is 72.7 cm³/mol. The monoisotopic (exact) mass is 280 g/mol. The lowest BCUT2D eigenvalue weighted by atomic mass is 10.3. The number of hydrogen-bond acceptors (Lipinski definition) is 5. The minimum Gasteiger partial charge on any atom is -0.491 e. The summed E-state index contributed by atoms with van der Waals surface area (Å²) in [5.41, 5.74) is 0. The van der Waals surface area contributed by atoms with Crippen LogP contribution in [0.1, 0.15) is 27.2 Å². The number of carbonyl (C=O) groups is 1.